The second-order valence-corrected chi connectivity index (χ2v) is 5.65. The molecule has 1 amide bonds. The molecule has 3 aromatic rings. The number of benzene rings is 1. The van der Waals surface area contributed by atoms with Gasteiger partial charge < -0.3 is 9.88 Å². The van der Waals surface area contributed by atoms with Gasteiger partial charge in [0.15, 0.2) is 0 Å². The van der Waals surface area contributed by atoms with Crippen LogP contribution in [-0.2, 0) is 24.8 Å². The van der Waals surface area contributed by atoms with Gasteiger partial charge in [0.05, 0.1) is 6.42 Å². The largest absolute Gasteiger partial charge is 0.352 e. The van der Waals surface area contributed by atoms with E-state index in [1.54, 1.807) is 11.3 Å². The summed E-state index contributed by atoms with van der Waals surface area (Å²) in [5.41, 5.74) is 3.39. The summed E-state index contributed by atoms with van der Waals surface area (Å²) in [6.45, 7) is 0.604. The van der Waals surface area contributed by atoms with Gasteiger partial charge in [0.25, 0.3) is 0 Å². The molecule has 0 saturated heterocycles. The summed E-state index contributed by atoms with van der Waals surface area (Å²) in [7, 11) is 2.01. The molecule has 3 rings (SSSR count). The number of rotatable bonds is 4. The van der Waals surface area contributed by atoms with Crippen LogP contribution in [0, 0.1) is 0 Å². The summed E-state index contributed by atoms with van der Waals surface area (Å²) in [6, 6.07) is 10.2. The molecule has 0 unspecified atom stereocenters. The molecule has 2 heterocycles. The van der Waals surface area contributed by atoms with Crippen LogP contribution in [-0.4, -0.2) is 10.5 Å². The summed E-state index contributed by atoms with van der Waals surface area (Å²) in [5.74, 6) is 0.0625. The predicted molar refractivity (Wildman–Crippen MR) is 82.8 cm³/mol. The van der Waals surface area contributed by atoms with Gasteiger partial charge in [0.1, 0.15) is 0 Å². The molecule has 2 aromatic heterocycles. The molecule has 0 spiro atoms. The molecule has 0 aliphatic heterocycles. The predicted octanol–water partition coefficient (Wildman–Crippen LogP) is 3.10. The van der Waals surface area contributed by atoms with Gasteiger partial charge in [-0.3, -0.25) is 4.79 Å². The molecular formula is C16H16N2OS. The van der Waals surface area contributed by atoms with Crippen LogP contribution in [0.2, 0.25) is 0 Å². The maximum Gasteiger partial charge on any atom is 0.224 e. The first-order chi connectivity index (χ1) is 9.74. The van der Waals surface area contributed by atoms with E-state index in [0.717, 1.165) is 22.0 Å². The normalized spacial score (nSPS) is 10.8. The number of amides is 1. The molecule has 4 heteroatoms. The number of thiophene rings is 1. The van der Waals surface area contributed by atoms with Gasteiger partial charge in [-0.2, -0.15) is 11.3 Å². The van der Waals surface area contributed by atoms with Crippen molar-refractivity contribution in [1.82, 2.24) is 9.88 Å². The molecular weight excluding hydrogens is 268 g/mol. The van der Waals surface area contributed by atoms with E-state index in [1.807, 2.05) is 36.8 Å². The van der Waals surface area contributed by atoms with Crippen LogP contribution in [0.1, 0.15) is 11.1 Å². The first-order valence-corrected chi connectivity index (χ1v) is 7.49. The molecule has 0 atom stereocenters. The molecule has 0 saturated carbocycles. The second kappa shape index (κ2) is 5.51. The molecule has 0 aliphatic rings. The van der Waals surface area contributed by atoms with Crippen molar-refractivity contribution in [2.24, 2.45) is 7.05 Å². The first kappa shape index (κ1) is 12.9. The van der Waals surface area contributed by atoms with E-state index in [4.69, 9.17) is 0 Å². The van der Waals surface area contributed by atoms with Crippen LogP contribution in [0.5, 0.6) is 0 Å². The number of nitrogens with one attached hydrogen (secondary N) is 1. The molecule has 3 nitrogen and oxygen atoms in total. The van der Waals surface area contributed by atoms with E-state index in [-0.39, 0.29) is 5.91 Å². The van der Waals surface area contributed by atoms with Crippen molar-refractivity contribution in [3.8, 4) is 0 Å². The summed E-state index contributed by atoms with van der Waals surface area (Å²) < 4.78 is 2.07. The van der Waals surface area contributed by atoms with Crippen LogP contribution in [0.4, 0.5) is 0 Å². The Labute approximate surface area is 121 Å². The highest BCUT2D eigenvalue weighted by Crippen LogP contribution is 2.20. The number of nitrogens with zero attached hydrogens (tertiary/aromatic N) is 1. The Kier molecular flexibility index (Phi) is 3.56. The van der Waals surface area contributed by atoms with Gasteiger partial charge >= 0.3 is 0 Å². The van der Waals surface area contributed by atoms with E-state index in [2.05, 4.69) is 27.4 Å². The van der Waals surface area contributed by atoms with Gasteiger partial charge in [-0.15, -0.1) is 0 Å². The van der Waals surface area contributed by atoms with Crippen LogP contribution >= 0.6 is 11.3 Å². The third-order valence-corrected chi connectivity index (χ3v) is 4.13. The zero-order chi connectivity index (χ0) is 13.9. The number of carbonyl (C=O) groups is 1. The average molecular weight is 284 g/mol. The maximum absolute atomic E-state index is 12.0. The third kappa shape index (κ3) is 2.60. The van der Waals surface area contributed by atoms with Gasteiger partial charge in [0.2, 0.25) is 5.91 Å². The van der Waals surface area contributed by atoms with Crippen molar-refractivity contribution in [2.75, 3.05) is 0 Å². The average Bonchev–Trinajstić information content (AvgIpc) is 3.07. The summed E-state index contributed by atoms with van der Waals surface area (Å²) in [4.78, 5) is 12.0. The smallest absolute Gasteiger partial charge is 0.224 e. The lowest BCUT2D eigenvalue weighted by atomic mass is 10.1. The minimum absolute atomic E-state index is 0.0625. The van der Waals surface area contributed by atoms with E-state index >= 15 is 0 Å². The summed E-state index contributed by atoms with van der Waals surface area (Å²) in [5, 5.41) is 8.19. The van der Waals surface area contributed by atoms with Crippen LogP contribution in [0.15, 0.2) is 47.3 Å². The van der Waals surface area contributed by atoms with Gasteiger partial charge in [-0.1, -0.05) is 18.2 Å². The highest BCUT2D eigenvalue weighted by atomic mass is 32.1. The quantitative estimate of drug-likeness (QED) is 0.785. The second-order valence-electron chi connectivity index (χ2n) is 4.87. The fraction of sp³-hybridized carbons (Fsp3) is 0.188. The molecule has 102 valence electrons. The van der Waals surface area contributed by atoms with Crippen molar-refractivity contribution < 1.29 is 4.79 Å². The fourth-order valence-electron chi connectivity index (χ4n) is 2.40. The lowest BCUT2D eigenvalue weighted by molar-refractivity contribution is -0.120. The lowest BCUT2D eigenvalue weighted by Gasteiger charge is -2.03. The Bertz CT molecular complexity index is 728. The van der Waals surface area contributed by atoms with Crippen molar-refractivity contribution >= 4 is 28.1 Å². The Morgan fingerprint density at radius 3 is 2.95 bits per heavy atom. The van der Waals surface area contributed by atoms with Crippen molar-refractivity contribution in [1.29, 1.82) is 0 Å². The molecule has 1 N–H and O–H groups in total. The zero-order valence-corrected chi connectivity index (χ0v) is 12.1. The van der Waals surface area contributed by atoms with Gasteiger partial charge in [-0.25, -0.2) is 0 Å². The Morgan fingerprint density at radius 1 is 1.30 bits per heavy atom. The summed E-state index contributed by atoms with van der Waals surface area (Å²) in [6.07, 6.45) is 2.46. The molecule has 1 aromatic carbocycles. The monoisotopic (exact) mass is 284 g/mol. The van der Waals surface area contributed by atoms with Crippen molar-refractivity contribution in [2.45, 2.75) is 13.0 Å². The Hall–Kier alpha value is -2.07. The lowest BCUT2D eigenvalue weighted by Crippen LogP contribution is -2.24. The third-order valence-electron chi connectivity index (χ3n) is 3.40. The Balaban J connectivity index is 1.71. The standard InChI is InChI=1S/C16H16N2OS/c1-18-10-13(14-4-2-3-5-15(14)18)8-16(19)17-9-12-6-7-20-11-12/h2-7,10-11H,8-9H2,1H3,(H,17,19). The molecule has 0 fully saturated rings. The van der Waals surface area contributed by atoms with E-state index in [9.17, 15) is 4.79 Å². The highest BCUT2D eigenvalue weighted by molar-refractivity contribution is 7.07. The number of aryl methyl sites for hydroxylation is 1. The number of carbonyl (C=O) groups excluding carboxylic acids is 1. The molecule has 0 aliphatic carbocycles. The number of fused-ring (bicyclic) bond motifs is 1. The van der Waals surface area contributed by atoms with E-state index < -0.39 is 0 Å². The molecule has 20 heavy (non-hydrogen) atoms. The summed E-state index contributed by atoms with van der Waals surface area (Å²) >= 11 is 1.65. The number of para-hydroxylation sites is 1. The van der Waals surface area contributed by atoms with Crippen molar-refractivity contribution in [3.05, 3.63) is 58.4 Å². The van der Waals surface area contributed by atoms with E-state index in [1.165, 1.54) is 0 Å². The molecule has 0 bridgehead atoms. The van der Waals surface area contributed by atoms with Gasteiger partial charge in [0, 0.05) is 30.7 Å². The zero-order valence-electron chi connectivity index (χ0n) is 11.3. The topological polar surface area (TPSA) is 34.0 Å². The SMILES string of the molecule is Cn1cc(CC(=O)NCc2ccsc2)c2ccccc21. The maximum atomic E-state index is 12.0. The molecule has 0 radical (unpaired) electrons. The minimum Gasteiger partial charge on any atom is -0.352 e. The first-order valence-electron chi connectivity index (χ1n) is 6.55. The fourth-order valence-corrected chi connectivity index (χ4v) is 3.06. The van der Waals surface area contributed by atoms with Crippen LogP contribution < -0.4 is 5.32 Å². The van der Waals surface area contributed by atoms with Crippen LogP contribution in [0.25, 0.3) is 10.9 Å². The highest BCUT2D eigenvalue weighted by Gasteiger charge is 2.10. The number of aromatic nitrogens is 1. The van der Waals surface area contributed by atoms with E-state index in [0.29, 0.717) is 13.0 Å². The minimum atomic E-state index is 0.0625. The van der Waals surface area contributed by atoms with Crippen molar-refractivity contribution in [3.63, 3.8) is 0 Å². The van der Waals surface area contributed by atoms with Crippen LogP contribution in [0.3, 0.4) is 0 Å². The number of hydrogen-bond donors (Lipinski definition) is 1. The number of hydrogen-bond acceptors (Lipinski definition) is 2. The Morgan fingerprint density at radius 2 is 2.15 bits per heavy atom. The van der Waals surface area contributed by atoms with Gasteiger partial charge in [-0.05, 0) is 34.0 Å².